The lowest BCUT2D eigenvalue weighted by atomic mass is 9.95. The normalized spacial score (nSPS) is 23.0. The highest BCUT2D eigenvalue weighted by atomic mass is 19.3. The molecule has 3 rings (SSSR count). The van der Waals surface area contributed by atoms with Crippen molar-refractivity contribution in [2.45, 2.75) is 52.1 Å². The Morgan fingerprint density at radius 1 is 1.09 bits per heavy atom. The molecular weight excluding hydrogens is 444 g/mol. The highest BCUT2D eigenvalue weighted by Gasteiger charge is 2.27. The average molecular weight is 474 g/mol. The second kappa shape index (κ2) is 11.7. The maximum atomic E-state index is 12.7. The van der Waals surface area contributed by atoms with Gasteiger partial charge < -0.3 is 19.1 Å². The Bertz CT molecular complexity index is 806. The number of amides is 1. The summed E-state index contributed by atoms with van der Waals surface area (Å²) < 4.78 is 64.6. The van der Waals surface area contributed by atoms with Gasteiger partial charge >= 0.3 is 13.2 Å². The molecule has 0 aliphatic carbocycles. The first-order chi connectivity index (χ1) is 15.7. The number of hydrogen-bond acceptors (Lipinski definition) is 5. The Morgan fingerprint density at radius 2 is 1.73 bits per heavy atom. The van der Waals surface area contributed by atoms with Crippen molar-refractivity contribution in [1.82, 2.24) is 9.80 Å². The minimum atomic E-state index is -3.15. The number of ether oxygens (including phenoxy) is 3. The number of carbonyl (C=O) groups is 1. The van der Waals surface area contributed by atoms with Crippen molar-refractivity contribution >= 4 is 12.0 Å². The van der Waals surface area contributed by atoms with Gasteiger partial charge in [-0.05, 0) is 50.8 Å². The summed E-state index contributed by atoms with van der Waals surface area (Å²) in [5.41, 5.74) is 0.163. The van der Waals surface area contributed by atoms with Crippen LogP contribution in [0.15, 0.2) is 24.3 Å². The van der Waals surface area contributed by atoms with Gasteiger partial charge in [-0.1, -0.05) is 0 Å². The maximum absolute atomic E-state index is 12.7. The van der Waals surface area contributed by atoms with E-state index in [2.05, 4.69) is 28.2 Å². The molecule has 6 nitrogen and oxygen atoms in total. The molecule has 2 unspecified atom stereocenters. The van der Waals surface area contributed by atoms with Crippen LogP contribution >= 0.6 is 0 Å². The van der Waals surface area contributed by atoms with Crippen LogP contribution in [-0.4, -0.2) is 73.9 Å². The van der Waals surface area contributed by atoms with Crippen LogP contribution in [0.1, 0.15) is 32.3 Å². The Balaban J connectivity index is 1.54. The number of halogens is 4. The lowest BCUT2D eigenvalue weighted by Gasteiger charge is -2.39. The summed E-state index contributed by atoms with van der Waals surface area (Å²) in [4.78, 5) is 16.7. The summed E-state index contributed by atoms with van der Waals surface area (Å²) in [5.74, 6) is -0.392. The third-order valence-corrected chi connectivity index (χ3v) is 5.77. The topological polar surface area (TPSA) is 51.2 Å². The molecule has 0 bridgehead atoms. The first kappa shape index (κ1) is 25.3. The molecule has 184 valence electrons. The van der Waals surface area contributed by atoms with Gasteiger partial charge in [-0.2, -0.15) is 17.6 Å². The number of alkyl halides is 4. The largest absolute Gasteiger partial charge is 0.435 e. The Morgan fingerprint density at radius 3 is 2.33 bits per heavy atom. The van der Waals surface area contributed by atoms with Crippen molar-refractivity contribution in [1.29, 1.82) is 0 Å². The standard InChI is InChI=1S/C23H30F4N2O4/c1-15-12-28(13-16(2)31-15)14-17-7-9-29(10-8-17)21(30)6-4-18-3-5-19(32-22(24)25)11-20(18)33-23(26)27/h3-6,11,15-17,22-23H,7-10,12-14H2,1-2H3/b6-4+. The first-order valence-electron chi connectivity index (χ1n) is 11.1. The van der Waals surface area contributed by atoms with Crippen LogP contribution < -0.4 is 9.47 Å². The molecule has 2 atom stereocenters. The summed E-state index contributed by atoms with van der Waals surface area (Å²) in [5, 5.41) is 0. The van der Waals surface area contributed by atoms with Gasteiger partial charge in [0.1, 0.15) is 11.5 Å². The number of morpholine rings is 1. The molecule has 2 saturated heterocycles. The van der Waals surface area contributed by atoms with Gasteiger partial charge in [-0.25, -0.2) is 0 Å². The van der Waals surface area contributed by atoms with Crippen molar-refractivity contribution in [2.75, 3.05) is 32.7 Å². The van der Waals surface area contributed by atoms with E-state index in [1.807, 2.05) is 0 Å². The highest BCUT2D eigenvalue weighted by Crippen LogP contribution is 2.29. The van der Waals surface area contributed by atoms with E-state index in [4.69, 9.17) is 4.74 Å². The quantitative estimate of drug-likeness (QED) is 0.417. The zero-order chi connectivity index (χ0) is 24.0. The fraction of sp³-hybridized carbons (Fsp3) is 0.609. The lowest BCUT2D eigenvalue weighted by Crippen LogP contribution is -2.48. The minimum Gasteiger partial charge on any atom is -0.435 e. The first-order valence-corrected chi connectivity index (χ1v) is 11.1. The average Bonchev–Trinajstić information content (AvgIpc) is 2.72. The fourth-order valence-corrected chi connectivity index (χ4v) is 4.43. The van der Waals surface area contributed by atoms with Crippen molar-refractivity contribution in [3.05, 3.63) is 29.8 Å². The van der Waals surface area contributed by atoms with Crippen LogP contribution in [-0.2, 0) is 9.53 Å². The molecule has 2 fully saturated rings. The van der Waals surface area contributed by atoms with Crippen molar-refractivity contribution in [3.8, 4) is 11.5 Å². The van der Waals surface area contributed by atoms with Crippen LogP contribution in [0, 0.1) is 5.92 Å². The number of hydrogen-bond donors (Lipinski definition) is 0. The van der Waals surface area contributed by atoms with Crippen molar-refractivity contribution in [2.24, 2.45) is 5.92 Å². The predicted molar refractivity (Wildman–Crippen MR) is 114 cm³/mol. The van der Waals surface area contributed by atoms with Gasteiger partial charge in [-0.15, -0.1) is 0 Å². The fourth-order valence-electron chi connectivity index (χ4n) is 4.43. The zero-order valence-corrected chi connectivity index (χ0v) is 18.8. The maximum Gasteiger partial charge on any atom is 0.387 e. The Hall–Kier alpha value is -2.33. The molecule has 0 saturated carbocycles. The summed E-state index contributed by atoms with van der Waals surface area (Å²) >= 11 is 0. The molecule has 1 amide bonds. The third-order valence-electron chi connectivity index (χ3n) is 5.77. The number of likely N-dealkylation sites (tertiary alicyclic amines) is 1. The molecule has 2 heterocycles. The molecule has 10 heteroatoms. The Kier molecular flexibility index (Phi) is 8.96. The van der Waals surface area contributed by atoms with Gasteiger partial charge in [0, 0.05) is 50.4 Å². The number of carbonyl (C=O) groups excluding carboxylic acids is 1. The lowest BCUT2D eigenvalue weighted by molar-refractivity contribution is -0.127. The SMILES string of the molecule is CC1CN(CC2CCN(C(=O)/C=C/c3ccc(OC(F)F)cc3OC(F)F)CC2)CC(C)O1. The van der Waals surface area contributed by atoms with Crippen molar-refractivity contribution in [3.63, 3.8) is 0 Å². The van der Waals surface area contributed by atoms with Crippen LogP contribution in [0.5, 0.6) is 11.5 Å². The van der Waals surface area contributed by atoms with E-state index in [1.54, 1.807) is 4.90 Å². The summed E-state index contributed by atoms with van der Waals surface area (Å²) in [6.07, 6.45) is 4.84. The number of rotatable bonds is 8. The number of benzene rings is 1. The third kappa shape index (κ3) is 7.89. The Labute approximate surface area is 191 Å². The van der Waals surface area contributed by atoms with E-state index < -0.39 is 13.2 Å². The minimum absolute atomic E-state index is 0.163. The molecule has 0 radical (unpaired) electrons. The van der Waals surface area contributed by atoms with Gasteiger partial charge in [0.05, 0.1) is 12.2 Å². The second-order valence-electron chi connectivity index (χ2n) is 8.53. The molecule has 33 heavy (non-hydrogen) atoms. The summed E-state index contributed by atoms with van der Waals surface area (Å²) in [6, 6.07) is 3.44. The van der Waals surface area contributed by atoms with Crippen molar-refractivity contribution < 1.29 is 36.6 Å². The van der Waals surface area contributed by atoms with Gasteiger partial charge in [0.25, 0.3) is 0 Å². The molecule has 1 aromatic rings. The molecular formula is C23H30F4N2O4. The molecule has 2 aliphatic heterocycles. The highest BCUT2D eigenvalue weighted by molar-refractivity contribution is 5.92. The molecule has 1 aromatic carbocycles. The molecule has 0 N–H and O–H groups in total. The second-order valence-corrected chi connectivity index (χ2v) is 8.53. The van der Waals surface area contributed by atoms with E-state index in [1.165, 1.54) is 24.3 Å². The van der Waals surface area contributed by atoms with E-state index in [0.29, 0.717) is 19.0 Å². The summed E-state index contributed by atoms with van der Waals surface area (Å²) in [6.45, 7) is 1.96. The van der Waals surface area contributed by atoms with Crippen LogP contribution in [0.25, 0.3) is 6.08 Å². The van der Waals surface area contributed by atoms with E-state index in [-0.39, 0.29) is 35.2 Å². The van der Waals surface area contributed by atoms with E-state index in [0.717, 1.165) is 38.5 Å². The number of piperidine rings is 1. The van der Waals surface area contributed by atoms with Gasteiger partial charge in [-0.3, -0.25) is 9.69 Å². The molecule has 0 aromatic heterocycles. The summed E-state index contributed by atoms with van der Waals surface area (Å²) in [7, 11) is 0. The monoisotopic (exact) mass is 474 g/mol. The van der Waals surface area contributed by atoms with Crippen LogP contribution in [0.2, 0.25) is 0 Å². The van der Waals surface area contributed by atoms with Gasteiger partial charge in [0.2, 0.25) is 5.91 Å². The van der Waals surface area contributed by atoms with E-state index >= 15 is 0 Å². The predicted octanol–water partition coefficient (Wildman–Crippen LogP) is 4.25. The molecule has 0 spiro atoms. The smallest absolute Gasteiger partial charge is 0.387 e. The van der Waals surface area contributed by atoms with Gasteiger partial charge in [0.15, 0.2) is 0 Å². The van der Waals surface area contributed by atoms with E-state index in [9.17, 15) is 22.4 Å². The molecule has 2 aliphatic rings. The van der Waals surface area contributed by atoms with Crippen LogP contribution in [0.3, 0.4) is 0 Å². The zero-order valence-electron chi connectivity index (χ0n) is 18.8. The van der Waals surface area contributed by atoms with Crippen LogP contribution in [0.4, 0.5) is 17.6 Å². The number of nitrogens with zero attached hydrogens (tertiary/aromatic N) is 2.